The Hall–Kier alpha value is -2.23. The summed E-state index contributed by atoms with van der Waals surface area (Å²) in [7, 11) is 2.40. The number of methoxy groups -OCH3 is 2. The van der Waals surface area contributed by atoms with Gasteiger partial charge in [-0.3, -0.25) is 4.79 Å². The van der Waals surface area contributed by atoms with E-state index in [0.717, 1.165) is 16.2 Å². The van der Waals surface area contributed by atoms with Crippen LogP contribution in [0.4, 0.5) is 5.00 Å². The van der Waals surface area contributed by atoms with Crippen LogP contribution in [0.3, 0.4) is 0 Å². The van der Waals surface area contributed by atoms with Crippen LogP contribution in [0.25, 0.3) is 0 Å². The molecule has 0 bridgehead atoms. The van der Waals surface area contributed by atoms with Gasteiger partial charge in [0.2, 0.25) is 0 Å². The van der Waals surface area contributed by atoms with Gasteiger partial charge >= 0.3 is 17.9 Å². The average molecular weight is 444 g/mol. The molecule has 150 valence electrons. The Balaban J connectivity index is 2.02. The molecule has 2 rings (SSSR count). The molecule has 0 unspecified atom stereocenters. The van der Waals surface area contributed by atoms with E-state index in [2.05, 4.69) is 0 Å². The minimum absolute atomic E-state index is 0.00569. The molecule has 0 atom stereocenters. The van der Waals surface area contributed by atoms with Crippen LogP contribution in [0.2, 0.25) is 5.02 Å². The van der Waals surface area contributed by atoms with Gasteiger partial charge in [0.25, 0.3) is 0 Å². The Bertz CT molecular complexity index is 883. The van der Waals surface area contributed by atoms with Crippen LogP contribution in [-0.2, 0) is 25.6 Å². The molecule has 0 saturated heterocycles. The predicted molar refractivity (Wildman–Crippen MR) is 108 cm³/mol. The number of carbonyl (C=O) groups is 3. The zero-order valence-corrected chi connectivity index (χ0v) is 17.5. The van der Waals surface area contributed by atoms with Crippen molar-refractivity contribution < 1.29 is 28.6 Å². The summed E-state index contributed by atoms with van der Waals surface area (Å²) in [4.78, 5) is 37.0. The van der Waals surface area contributed by atoms with Crippen LogP contribution in [0.15, 0.2) is 29.2 Å². The lowest BCUT2D eigenvalue weighted by Gasteiger charge is -2.08. The number of esters is 3. The van der Waals surface area contributed by atoms with Crippen molar-refractivity contribution in [3.05, 3.63) is 45.3 Å². The fraction of sp³-hybridized carbons (Fsp3) is 0.278. The van der Waals surface area contributed by atoms with Crippen LogP contribution in [-0.4, -0.2) is 37.9 Å². The maximum atomic E-state index is 12.1. The number of hydrogen-bond acceptors (Lipinski definition) is 9. The molecule has 1 heterocycles. The third kappa shape index (κ3) is 5.40. The Morgan fingerprint density at radius 3 is 2.46 bits per heavy atom. The number of benzene rings is 1. The van der Waals surface area contributed by atoms with E-state index in [9.17, 15) is 14.4 Å². The molecule has 1 aromatic heterocycles. The first kappa shape index (κ1) is 22.1. The molecule has 0 aliphatic heterocycles. The largest absolute Gasteiger partial charge is 0.465 e. The van der Waals surface area contributed by atoms with Crippen LogP contribution in [0.1, 0.15) is 32.0 Å². The quantitative estimate of drug-likeness (QED) is 0.373. The minimum atomic E-state index is -0.718. The van der Waals surface area contributed by atoms with Crippen molar-refractivity contribution in [3.8, 4) is 0 Å². The van der Waals surface area contributed by atoms with Gasteiger partial charge < -0.3 is 19.9 Å². The van der Waals surface area contributed by atoms with Gasteiger partial charge in [0.05, 0.1) is 25.7 Å². The summed E-state index contributed by atoms with van der Waals surface area (Å²) >= 11 is 8.37. The monoisotopic (exact) mass is 443 g/mol. The number of carbonyl (C=O) groups excluding carboxylic acids is 3. The van der Waals surface area contributed by atoms with Crippen LogP contribution in [0.5, 0.6) is 0 Å². The fourth-order valence-electron chi connectivity index (χ4n) is 2.24. The van der Waals surface area contributed by atoms with Gasteiger partial charge in [0.15, 0.2) is 0 Å². The molecule has 7 nitrogen and oxygen atoms in total. The Labute approximate surface area is 175 Å². The number of ether oxygens (including phenoxy) is 3. The van der Waals surface area contributed by atoms with Crippen molar-refractivity contribution in [2.75, 3.05) is 25.7 Å². The summed E-state index contributed by atoms with van der Waals surface area (Å²) in [5, 5.41) is 0.702. The number of thioether (sulfide) groups is 1. The van der Waals surface area contributed by atoms with Gasteiger partial charge in [-0.1, -0.05) is 23.7 Å². The van der Waals surface area contributed by atoms with E-state index in [0.29, 0.717) is 10.8 Å². The molecular weight excluding hydrogens is 426 g/mol. The number of hydrogen-bond donors (Lipinski definition) is 1. The maximum absolute atomic E-state index is 12.1. The molecule has 2 N–H and O–H groups in total. The SMILES string of the molecule is COC(=O)c1sc(N)c(C(=O)OC)c1COC(=O)CCSc1ccccc1Cl. The molecule has 0 fully saturated rings. The fourth-order valence-corrected chi connectivity index (χ4v) is 4.39. The third-order valence-electron chi connectivity index (χ3n) is 3.57. The van der Waals surface area contributed by atoms with E-state index in [1.54, 1.807) is 6.07 Å². The molecule has 2 aromatic rings. The maximum Gasteiger partial charge on any atom is 0.348 e. The molecule has 10 heteroatoms. The number of anilines is 1. The molecule has 28 heavy (non-hydrogen) atoms. The second-order valence-electron chi connectivity index (χ2n) is 5.32. The van der Waals surface area contributed by atoms with Gasteiger partial charge in [-0.2, -0.15) is 0 Å². The highest BCUT2D eigenvalue weighted by Crippen LogP contribution is 2.33. The van der Waals surface area contributed by atoms with E-state index in [1.165, 1.54) is 26.0 Å². The van der Waals surface area contributed by atoms with E-state index in [4.69, 9.17) is 31.5 Å². The summed E-state index contributed by atoms with van der Waals surface area (Å²) < 4.78 is 14.6. The molecule has 0 radical (unpaired) electrons. The smallest absolute Gasteiger partial charge is 0.348 e. The van der Waals surface area contributed by atoms with Gasteiger partial charge in [0.1, 0.15) is 22.0 Å². The van der Waals surface area contributed by atoms with E-state index in [1.807, 2.05) is 18.2 Å². The molecule has 0 amide bonds. The van der Waals surface area contributed by atoms with Gasteiger partial charge in [-0.15, -0.1) is 23.1 Å². The lowest BCUT2D eigenvalue weighted by molar-refractivity contribution is -0.144. The summed E-state index contributed by atoms with van der Waals surface area (Å²) in [6.45, 7) is -0.293. The van der Waals surface area contributed by atoms with Gasteiger partial charge in [-0.05, 0) is 12.1 Å². The third-order valence-corrected chi connectivity index (χ3v) is 6.13. The first-order chi connectivity index (χ1) is 13.4. The van der Waals surface area contributed by atoms with Crippen molar-refractivity contribution >= 4 is 57.6 Å². The minimum Gasteiger partial charge on any atom is -0.465 e. The van der Waals surface area contributed by atoms with Crippen LogP contribution < -0.4 is 5.73 Å². The molecule has 0 spiro atoms. The number of nitrogens with two attached hydrogens (primary N) is 1. The molecular formula is C18H18ClNO6S2. The zero-order chi connectivity index (χ0) is 20.7. The zero-order valence-electron chi connectivity index (χ0n) is 15.2. The molecule has 1 aromatic carbocycles. The number of nitrogen functional groups attached to an aromatic ring is 1. The predicted octanol–water partition coefficient (Wildman–Crippen LogP) is 3.78. The van der Waals surface area contributed by atoms with Crippen molar-refractivity contribution in [2.45, 2.75) is 17.9 Å². The summed E-state index contributed by atoms with van der Waals surface area (Å²) in [6.07, 6.45) is 0.122. The standard InChI is InChI=1S/C18H18ClNO6S2/c1-24-17(22)14-10(15(18(23)25-2)28-16(14)20)9-26-13(21)7-8-27-12-6-4-3-5-11(12)19/h3-6H,7-9,20H2,1-2H3. The molecule has 0 saturated carbocycles. The van der Waals surface area contributed by atoms with Crippen molar-refractivity contribution in [1.82, 2.24) is 0 Å². The van der Waals surface area contributed by atoms with E-state index >= 15 is 0 Å². The van der Waals surface area contributed by atoms with E-state index < -0.39 is 17.9 Å². The number of halogens is 1. The normalized spacial score (nSPS) is 10.4. The second-order valence-corrected chi connectivity index (χ2v) is 7.92. The average Bonchev–Trinajstić information content (AvgIpc) is 3.02. The molecule has 0 aliphatic carbocycles. The lowest BCUT2D eigenvalue weighted by atomic mass is 10.1. The van der Waals surface area contributed by atoms with Gasteiger partial charge in [-0.25, -0.2) is 9.59 Å². The van der Waals surface area contributed by atoms with Crippen LogP contribution in [0, 0.1) is 0 Å². The first-order valence-electron chi connectivity index (χ1n) is 7.99. The Morgan fingerprint density at radius 1 is 1.14 bits per heavy atom. The van der Waals surface area contributed by atoms with Crippen molar-refractivity contribution in [3.63, 3.8) is 0 Å². The highest BCUT2D eigenvalue weighted by Gasteiger charge is 2.28. The Morgan fingerprint density at radius 2 is 1.82 bits per heavy atom. The lowest BCUT2D eigenvalue weighted by Crippen LogP contribution is -2.13. The second kappa shape index (κ2) is 10.4. The molecule has 0 aliphatic rings. The topological polar surface area (TPSA) is 105 Å². The van der Waals surface area contributed by atoms with E-state index in [-0.39, 0.29) is 34.0 Å². The highest BCUT2D eigenvalue weighted by atomic mass is 35.5. The summed E-state index contributed by atoms with van der Waals surface area (Å²) in [5.41, 5.74) is 6.01. The highest BCUT2D eigenvalue weighted by molar-refractivity contribution is 7.99. The summed E-state index contributed by atoms with van der Waals surface area (Å²) in [5.74, 6) is -1.42. The van der Waals surface area contributed by atoms with Gasteiger partial charge in [0, 0.05) is 16.2 Å². The Kier molecular flexibility index (Phi) is 8.16. The number of rotatable bonds is 8. The van der Waals surface area contributed by atoms with Crippen molar-refractivity contribution in [2.24, 2.45) is 0 Å². The van der Waals surface area contributed by atoms with Crippen molar-refractivity contribution in [1.29, 1.82) is 0 Å². The van der Waals surface area contributed by atoms with Crippen LogP contribution >= 0.6 is 34.7 Å². The summed E-state index contributed by atoms with van der Waals surface area (Å²) in [6, 6.07) is 7.31. The first-order valence-corrected chi connectivity index (χ1v) is 10.2. The number of thiophene rings is 1.